The summed E-state index contributed by atoms with van der Waals surface area (Å²) >= 11 is 0. The normalized spacial score (nSPS) is 15.8. The molecule has 1 aliphatic carbocycles. The van der Waals surface area contributed by atoms with Crippen LogP contribution in [0.5, 0.6) is 0 Å². The summed E-state index contributed by atoms with van der Waals surface area (Å²) in [5.74, 6) is 0.817. The molecule has 1 aromatic carbocycles. The molecule has 0 radical (unpaired) electrons. The van der Waals surface area contributed by atoms with E-state index in [1.807, 2.05) is 12.1 Å². The van der Waals surface area contributed by atoms with Crippen molar-refractivity contribution in [3.8, 4) is 0 Å². The van der Waals surface area contributed by atoms with Gasteiger partial charge in [-0.05, 0) is 48.1 Å². The first kappa shape index (κ1) is 11.3. The third kappa shape index (κ3) is 1.79. The highest BCUT2D eigenvalue weighted by Gasteiger charge is 2.22. The van der Waals surface area contributed by atoms with Gasteiger partial charge in [-0.25, -0.2) is 4.63 Å². The maximum absolute atomic E-state index is 5.87. The largest absolute Gasteiger partial charge is 0.397 e. The molecule has 1 aliphatic rings. The van der Waals surface area contributed by atoms with Gasteiger partial charge in [0, 0.05) is 13.1 Å². The van der Waals surface area contributed by atoms with E-state index in [-0.39, 0.29) is 0 Å². The standard InChI is InChI=1S/C13H18N4O/c1-2-17(8-9-4-3-5-9)11-7-6-10(14)12-13(11)16-18-15-12/h6-7,9H,2-5,8,14H2,1H3. The zero-order valence-electron chi connectivity index (χ0n) is 10.6. The van der Waals surface area contributed by atoms with E-state index in [0.29, 0.717) is 11.2 Å². The molecule has 0 amide bonds. The Balaban J connectivity index is 1.95. The van der Waals surface area contributed by atoms with Gasteiger partial charge in [0.2, 0.25) is 0 Å². The van der Waals surface area contributed by atoms with Crippen molar-refractivity contribution in [3.05, 3.63) is 12.1 Å². The van der Waals surface area contributed by atoms with Crippen molar-refractivity contribution in [2.24, 2.45) is 5.92 Å². The van der Waals surface area contributed by atoms with Gasteiger partial charge in [-0.3, -0.25) is 0 Å². The molecular formula is C13H18N4O. The molecule has 0 unspecified atom stereocenters. The summed E-state index contributed by atoms with van der Waals surface area (Å²) in [7, 11) is 0. The fraction of sp³-hybridized carbons (Fsp3) is 0.538. The van der Waals surface area contributed by atoms with Crippen molar-refractivity contribution in [2.75, 3.05) is 23.7 Å². The van der Waals surface area contributed by atoms with Crippen molar-refractivity contribution in [1.29, 1.82) is 0 Å². The van der Waals surface area contributed by atoms with Gasteiger partial charge in [0.05, 0.1) is 11.4 Å². The van der Waals surface area contributed by atoms with E-state index in [1.54, 1.807) is 0 Å². The topological polar surface area (TPSA) is 68.2 Å². The highest BCUT2D eigenvalue weighted by Crippen LogP contribution is 2.32. The van der Waals surface area contributed by atoms with E-state index < -0.39 is 0 Å². The molecule has 0 bridgehead atoms. The minimum Gasteiger partial charge on any atom is -0.397 e. The van der Waals surface area contributed by atoms with E-state index in [2.05, 4.69) is 22.1 Å². The Kier molecular flexibility index (Phi) is 2.81. The van der Waals surface area contributed by atoms with Gasteiger partial charge in [-0.1, -0.05) is 6.42 Å². The summed E-state index contributed by atoms with van der Waals surface area (Å²) in [4.78, 5) is 2.34. The van der Waals surface area contributed by atoms with Gasteiger partial charge in [0.25, 0.3) is 0 Å². The smallest absolute Gasteiger partial charge is 0.160 e. The first-order valence-electron chi connectivity index (χ1n) is 6.55. The van der Waals surface area contributed by atoms with E-state index in [1.165, 1.54) is 19.3 Å². The SMILES string of the molecule is CCN(CC1CCC1)c1ccc(N)c2nonc12. The lowest BCUT2D eigenvalue weighted by atomic mass is 9.85. The van der Waals surface area contributed by atoms with Crippen LogP contribution in [0.25, 0.3) is 11.0 Å². The molecule has 2 aromatic rings. The number of anilines is 2. The van der Waals surface area contributed by atoms with Gasteiger partial charge in [-0.2, -0.15) is 0 Å². The molecular weight excluding hydrogens is 228 g/mol. The summed E-state index contributed by atoms with van der Waals surface area (Å²) < 4.78 is 4.82. The Morgan fingerprint density at radius 3 is 2.78 bits per heavy atom. The number of hydrogen-bond acceptors (Lipinski definition) is 5. The predicted octanol–water partition coefficient (Wildman–Crippen LogP) is 2.43. The molecule has 1 aromatic heterocycles. The first-order valence-corrected chi connectivity index (χ1v) is 6.55. The number of nitrogens with two attached hydrogens (primary N) is 1. The summed E-state index contributed by atoms with van der Waals surface area (Å²) in [5, 5.41) is 7.86. The number of rotatable bonds is 4. The van der Waals surface area contributed by atoms with Crippen LogP contribution in [0.3, 0.4) is 0 Å². The Hall–Kier alpha value is -1.78. The fourth-order valence-electron chi connectivity index (χ4n) is 2.51. The third-order valence-corrected chi connectivity index (χ3v) is 3.85. The van der Waals surface area contributed by atoms with E-state index in [4.69, 9.17) is 10.4 Å². The van der Waals surface area contributed by atoms with Crippen molar-refractivity contribution in [3.63, 3.8) is 0 Å². The van der Waals surface area contributed by atoms with Crippen LogP contribution in [-0.2, 0) is 0 Å². The molecule has 2 N–H and O–H groups in total. The molecule has 0 saturated heterocycles. The van der Waals surface area contributed by atoms with Crippen LogP contribution in [0.2, 0.25) is 0 Å². The fourth-order valence-corrected chi connectivity index (χ4v) is 2.51. The molecule has 5 nitrogen and oxygen atoms in total. The van der Waals surface area contributed by atoms with Crippen LogP contribution in [0.15, 0.2) is 16.8 Å². The minimum atomic E-state index is 0.620. The second-order valence-electron chi connectivity index (χ2n) is 4.97. The molecule has 0 atom stereocenters. The van der Waals surface area contributed by atoms with Gasteiger partial charge in [0.15, 0.2) is 11.0 Å². The van der Waals surface area contributed by atoms with Gasteiger partial charge in [-0.15, -0.1) is 0 Å². The van der Waals surface area contributed by atoms with Gasteiger partial charge >= 0.3 is 0 Å². The van der Waals surface area contributed by atoms with Crippen molar-refractivity contribution < 1.29 is 4.63 Å². The van der Waals surface area contributed by atoms with Crippen LogP contribution < -0.4 is 10.6 Å². The number of benzene rings is 1. The monoisotopic (exact) mass is 246 g/mol. The Labute approximate surface area is 106 Å². The molecule has 0 aliphatic heterocycles. The summed E-state index contributed by atoms with van der Waals surface area (Å²) in [6.07, 6.45) is 4.04. The maximum atomic E-state index is 5.87. The van der Waals surface area contributed by atoms with Gasteiger partial charge < -0.3 is 10.6 Å². The zero-order chi connectivity index (χ0) is 12.5. The Bertz CT molecular complexity index is 547. The molecule has 1 heterocycles. The van der Waals surface area contributed by atoms with Crippen molar-refractivity contribution >= 4 is 22.4 Å². The quantitative estimate of drug-likeness (QED) is 0.839. The van der Waals surface area contributed by atoms with Crippen LogP contribution >= 0.6 is 0 Å². The molecule has 5 heteroatoms. The Morgan fingerprint density at radius 1 is 1.33 bits per heavy atom. The number of nitrogens with zero attached hydrogens (tertiary/aromatic N) is 3. The highest BCUT2D eigenvalue weighted by molar-refractivity contribution is 5.95. The van der Waals surface area contributed by atoms with E-state index >= 15 is 0 Å². The van der Waals surface area contributed by atoms with Crippen LogP contribution in [0.4, 0.5) is 11.4 Å². The van der Waals surface area contributed by atoms with E-state index in [9.17, 15) is 0 Å². The maximum Gasteiger partial charge on any atom is 0.160 e. The number of fused-ring (bicyclic) bond motifs is 1. The lowest BCUT2D eigenvalue weighted by Crippen LogP contribution is -2.32. The lowest BCUT2D eigenvalue weighted by molar-refractivity contribution is 0.314. The highest BCUT2D eigenvalue weighted by atomic mass is 16.6. The number of hydrogen-bond donors (Lipinski definition) is 1. The first-order chi connectivity index (χ1) is 8.79. The molecule has 0 spiro atoms. The zero-order valence-corrected chi connectivity index (χ0v) is 10.6. The molecule has 1 saturated carbocycles. The molecule has 3 rings (SSSR count). The molecule has 1 fully saturated rings. The minimum absolute atomic E-state index is 0.620. The lowest BCUT2D eigenvalue weighted by Gasteiger charge is -2.33. The summed E-state index contributed by atoms with van der Waals surface area (Å²) in [6.45, 7) is 4.21. The predicted molar refractivity (Wildman–Crippen MR) is 71.4 cm³/mol. The molecule has 96 valence electrons. The van der Waals surface area contributed by atoms with Crippen LogP contribution in [0, 0.1) is 5.92 Å². The number of nitrogen functional groups attached to an aromatic ring is 1. The summed E-state index contributed by atoms with van der Waals surface area (Å²) in [5.41, 5.74) is 9.01. The average molecular weight is 246 g/mol. The second kappa shape index (κ2) is 4.48. The second-order valence-corrected chi connectivity index (χ2v) is 4.97. The van der Waals surface area contributed by atoms with E-state index in [0.717, 1.165) is 30.2 Å². The molecule has 18 heavy (non-hydrogen) atoms. The third-order valence-electron chi connectivity index (χ3n) is 3.85. The van der Waals surface area contributed by atoms with Crippen molar-refractivity contribution in [2.45, 2.75) is 26.2 Å². The number of aromatic nitrogens is 2. The van der Waals surface area contributed by atoms with Gasteiger partial charge in [0.1, 0.15) is 0 Å². The van der Waals surface area contributed by atoms with Crippen molar-refractivity contribution in [1.82, 2.24) is 10.3 Å². The summed E-state index contributed by atoms with van der Waals surface area (Å²) in [6, 6.07) is 3.90. The average Bonchev–Trinajstić information content (AvgIpc) is 2.80. The van der Waals surface area contributed by atoms with Crippen LogP contribution in [0.1, 0.15) is 26.2 Å². The van der Waals surface area contributed by atoms with Crippen LogP contribution in [-0.4, -0.2) is 23.4 Å². The Morgan fingerprint density at radius 2 is 2.11 bits per heavy atom.